The summed E-state index contributed by atoms with van der Waals surface area (Å²) in [6, 6.07) is 3.62. The Labute approximate surface area is 109 Å². The minimum Gasteiger partial charge on any atom is -0.465 e. The number of carbonyl (C=O) groups is 1. The van der Waals surface area contributed by atoms with Gasteiger partial charge in [0.1, 0.15) is 9.71 Å². The molecule has 0 aliphatic rings. The van der Waals surface area contributed by atoms with Gasteiger partial charge in [-0.3, -0.25) is 0 Å². The molecule has 0 atom stereocenters. The zero-order chi connectivity index (χ0) is 10.1. The number of nitrogens with zero attached hydrogens (tertiary/aromatic N) is 1. The number of thiophene rings is 1. The Morgan fingerprint density at radius 1 is 1.50 bits per heavy atom. The van der Waals surface area contributed by atoms with Crippen molar-refractivity contribution in [2.75, 3.05) is 12.8 Å². The Bertz CT molecular complexity index is 501. The Balaban J connectivity index is 0.00000112. The quantitative estimate of drug-likeness (QED) is 0.816. The molecule has 0 bridgehead atoms. The van der Waals surface area contributed by atoms with Crippen LogP contribution in [0, 0.1) is 0 Å². The topological polar surface area (TPSA) is 65.2 Å². The Kier molecular flexibility index (Phi) is 5.50. The molecule has 7 heteroatoms. The lowest BCUT2D eigenvalue weighted by molar-refractivity contribution is 0.0607. The van der Waals surface area contributed by atoms with Gasteiger partial charge >= 0.3 is 5.97 Å². The highest BCUT2D eigenvalue weighted by atomic mass is 35.5. The number of hydrogen-bond acceptors (Lipinski definition) is 5. The molecule has 2 N–H and O–H groups in total. The smallest absolute Gasteiger partial charge is 0.350 e. The maximum absolute atomic E-state index is 11.3. The normalized spacial score (nSPS) is 9.06. The average Bonchev–Trinajstić information content (AvgIpc) is 2.56. The van der Waals surface area contributed by atoms with Crippen molar-refractivity contribution >= 4 is 58.0 Å². The largest absolute Gasteiger partial charge is 0.465 e. The van der Waals surface area contributed by atoms with Gasteiger partial charge in [0.2, 0.25) is 0 Å². The van der Waals surface area contributed by atoms with Crippen LogP contribution in [0.3, 0.4) is 0 Å². The number of anilines is 1. The second-order valence-corrected chi connectivity index (χ2v) is 3.69. The predicted octanol–water partition coefficient (Wildman–Crippen LogP) is 2.51. The molecule has 16 heavy (non-hydrogen) atoms. The molecule has 0 spiro atoms. The molecule has 2 aromatic heterocycles. The molecule has 0 fully saturated rings. The van der Waals surface area contributed by atoms with Crippen molar-refractivity contribution in [2.24, 2.45) is 0 Å². The Morgan fingerprint density at radius 3 is 2.75 bits per heavy atom. The molecule has 2 aromatic rings. The zero-order valence-electron chi connectivity index (χ0n) is 8.30. The summed E-state index contributed by atoms with van der Waals surface area (Å²) < 4.78 is 4.61. The van der Waals surface area contributed by atoms with E-state index in [1.165, 1.54) is 18.4 Å². The van der Waals surface area contributed by atoms with Crippen LogP contribution in [0.5, 0.6) is 0 Å². The van der Waals surface area contributed by atoms with E-state index >= 15 is 0 Å². The first-order valence-corrected chi connectivity index (χ1v) is 4.77. The fraction of sp³-hybridized carbons (Fsp3) is 0.111. The van der Waals surface area contributed by atoms with Crippen molar-refractivity contribution in [3.63, 3.8) is 0 Å². The van der Waals surface area contributed by atoms with Crippen molar-refractivity contribution in [1.29, 1.82) is 0 Å². The van der Waals surface area contributed by atoms with Crippen LogP contribution in [-0.2, 0) is 4.74 Å². The van der Waals surface area contributed by atoms with E-state index in [-0.39, 0.29) is 24.8 Å². The van der Waals surface area contributed by atoms with Crippen molar-refractivity contribution in [3.8, 4) is 0 Å². The second kappa shape index (κ2) is 5.89. The Hall–Kier alpha value is -1.04. The number of nitrogens with two attached hydrogens (primary N) is 1. The van der Waals surface area contributed by atoms with Crippen LogP contribution in [0.25, 0.3) is 10.2 Å². The fourth-order valence-corrected chi connectivity index (χ4v) is 2.18. The summed E-state index contributed by atoms with van der Waals surface area (Å²) >= 11 is 1.25. The number of pyridine rings is 1. The van der Waals surface area contributed by atoms with Crippen molar-refractivity contribution in [2.45, 2.75) is 0 Å². The molecule has 0 aliphatic heterocycles. The highest BCUT2D eigenvalue weighted by Gasteiger charge is 2.16. The summed E-state index contributed by atoms with van der Waals surface area (Å²) in [7, 11) is 1.33. The molecule has 2 rings (SSSR count). The molecule has 0 radical (unpaired) electrons. The van der Waals surface area contributed by atoms with Gasteiger partial charge in [-0.15, -0.1) is 36.2 Å². The molecule has 88 valence electrons. The van der Waals surface area contributed by atoms with Crippen molar-refractivity contribution in [3.05, 3.63) is 23.2 Å². The summed E-state index contributed by atoms with van der Waals surface area (Å²) in [4.78, 5) is 16.6. The maximum Gasteiger partial charge on any atom is 0.350 e. The first kappa shape index (κ1) is 15.0. The van der Waals surface area contributed by atoms with Gasteiger partial charge < -0.3 is 10.5 Å². The predicted molar refractivity (Wildman–Crippen MR) is 69.9 cm³/mol. The van der Waals surface area contributed by atoms with E-state index in [4.69, 9.17) is 5.73 Å². The van der Waals surface area contributed by atoms with Gasteiger partial charge in [-0.05, 0) is 12.1 Å². The maximum atomic E-state index is 11.3. The van der Waals surface area contributed by atoms with Crippen LogP contribution in [0.2, 0.25) is 0 Å². The summed E-state index contributed by atoms with van der Waals surface area (Å²) in [5.41, 5.74) is 6.23. The number of rotatable bonds is 1. The first-order valence-electron chi connectivity index (χ1n) is 3.95. The van der Waals surface area contributed by atoms with Crippen LogP contribution in [-0.4, -0.2) is 18.1 Å². The number of halogens is 2. The lowest BCUT2D eigenvalue weighted by Crippen LogP contribution is -2.01. The highest BCUT2D eigenvalue weighted by molar-refractivity contribution is 7.21. The molecule has 2 heterocycles. The number of ether oxygens (including phenoxy) is 1. The third kappa shape index (κ3) is 2.37. The SMILES string of the molecule is COC(=O)c1sc2ncccc2c1N.Cl.Cl. The number of fused-ring (bicyclic) bond motifs is 1. The molecule has 4 nitrogen and oxygen atoms in total. The minimum absolute atomic E-state index is 0. The summed E-state index contributed by atoms with van der Waals surface area (Å²) in [5.74, 6) is -0.412. The lowest BCUT2D eigenvalue weighted by atomic mass is 10.3. The number of nitrogen functional groups attached to an aromatic ring is 1. The van der Waals surface area contributed by atoms with E-state index in [9.17, 15) is 4.79 Å². The second-order valence-electron chi connectivity index (χ2n) is 2.69. The van der Waals surface area contributed by atoms with E-state index in [1.54, 1.807) is 12.3 Å². The van der Waals surface area contributed by atoms with E-state index in [2.05, 4.69) is 9.72 Å². The van der Waals surface area contributed by atoms with Gasteiger partial charge in [0, 0.05) is 11.6 Å². The number of carbonyl (C=O) groups excluding carboxylic acids is 1. The number of methoxy groups -OCH3 is 1. The molecular formula is C9H10Cl2N2O2S. The zero-order valence-corrected chi connectivity index (χ0v) is 10.7. The van der Waals surface area contributed by atoms with Crippen molar-refractivity contribution < 1.29 is 9.53 Å². The van der Waals surface area contributed by atoms with Gasteiger partial charge in [-0.25, -0.2) is 9.78 Å². The van der Waals surface area contributed by atoms with E-state index in [1.807, 2.05) is 6.07 Å². The monoisotopic (exact) mass is 280 g/mol. The third-order valence-electron chi connectivity index (χ3n) is 1.88. The van der Waals surface area contributed by atoms with Crippen LogP contribution < -0.4 is 5.73 Å². The third-order valence-corrected chi connectivity index (χ3v) is 2.98. The van der Waals surface area contributed by atoms with Crippen molar-refractivity contribution in [1.82, 2.24) is 4.98 Å². The first-order chi connectivity index (χ1) is 6.74. The Morgan fingerprint density at radius 2 is 2.19 bits per heavy atom. The average molecular weight is 281 g/mol. The molecule has 0 aromatic carbocycles. The molecule has 0 aliphatic carbocycles. The van der Waals surface area contributed by atoms with Crippen LogP contribution in [0.1, 0.15) is 9.67 Å². The van der Waals surface area contributed by atoms with Crippen LogP contribution >= 0.6 is 36.2 Å². The molecule has 0 saturated heterocycles. The van der Waals surface area contributed by atoms with Crippen LogP contribution in [0.15, 0.2) is 18.3 Å². The highest BCUT2D eigenvalue weighted by Crippen LogP contribution is 2.32. The van der Waals surface area contributed by atoms with E-state index in [0.29, 0.717) is 10.6 Å². The van der Waals surface area contributed by atoms with Crippen LogP contribution in [0.4, 0.5) is 5.69 Å². The molecule has 0 unspecified atom stereocenters. The molecule has 0 saturated carbocycles. The number of hydrogen-bond donors (Lipinski definition) is 1. The standard InChI is InChI=1S/C9H8N2O2S.2ClH/c1-13-9(12)7-6(10)5-3-2-4-11-8(5)14-7;;/h2-4H,10H2,1H3;2*1H. The fourth-order valence-electron chi connectivity index (χ4n) is 1.20. The van der Waals surface area contributed by atoms with Gasteiger partial charge in [-0.1, -0.05) is 0 Å². The summed E-state index contributed by atoms with van der Waals surface area (Å²) in [6.45, 7) is 0. The van der Waals surface area contributed by atoms with Gasteiger partial charge in [0.15, 0.2) is 0 Å². The summed E-state index contributed by atoms with van der Waals surface area (Å²) in [6.07, 6.45) is 1.67. The molecular weight excluding hydrogens is 271 g/mol. The summed E-state index contributed by atoms with van der Waals surface area (Å²) in [5, 5.41) is 0.804. The number of aromatic nitrogens is 1. The lowest BCUT2D eigenvalue weighted by Gasteiger charge is -1.95. The van der Waals surface area contributed by atoms with E-state index < -0.39 is 5.97 Å². The van der Waals surface area contributed by atoms with Gasteiger partial charge in [0.05, 0.1) is 12.8 Å². The number of esters is 1. The van der Waals surface area contributed by atoms with Gasteiger partial charge in [-0.2, -0.15) is 0 Å². The molecule has 0 amide bonds. The van der Waals surface area contributed by atoms with E-state index in [0.717, 1.165) is 10.2 Å². The minimum atomic E-state index is -0.412. The van der Waals surface area contributed by atoms with Gasteiger partial charge in [0.25, 0.3) is 0 Å².